The molecule has 0 amide bonds. The van der Waals surface area contributed by atoms with Crippen molar-refractivity contribution in [3.63, 3.8) is 0 Å². The molecule has 0 fully saturated rings. The van der Waals surface area contributed by atoms with Crippen LogP contribution in [0.15, 0.2) is 36.7 Å². The van der Waals surface area contributed by atoms with Gasteiger partial charge in [0.2, 0.25) is 0 Å². The van der Waals surface area contributed by atoms with Crippen LogP contribution in [-0.4, -0.2) is 15.0 Å². The Kier molecular flexibility index (Phi) is 2.08. The minimum Gasteiger partial charge on any atom is -0.383 e. The zero-order chi connectivity index (χ0) is 11.8. The Balaban J connectivity index is 2.20. The minimum atomic E-state index is 0.565. The second kappa shape index (κ2) is 3.59. The lowest BCUT2D eigenvalue weighted by molar-refractivity contribution is 1.15. The second-order valence-corrected chi connectivity index (χ2v) is 4.01. The quantitative estimate of drug-likeness (QED) is 0.667. The molecule has 0 aliphatic carbocycles. The zero-order valence-corrected chi connectivity index (χ0v) is 9.44. The van der Waals surface area contributed by atoms with Crippen LogP contribution in [0.2, 0.25) is 0 Å². The fourth-order valence-corrected chi connectivity index (χ4v) is 1.94. The lowest BCUT2D eigenvalue weighted by Crippen LogP contribution is -1.90. The lowest BCUT2D eigenvalue weighted by atomic mass is 10.1. The highest BCUT2D eigenvalue weighted by molar-refractivity contribution is 5.93. The van der Waals surface area contributed by atoms with Gasteiger partial charge in [0.05, 0.1) is 11.9 Å². The van der Waals surface area contributed by atoms with E-state index in [1.165, 1.54) is 0 Å². The van der Waals surface area contributed by atoms with Crippen LogP contribution in [-0.2, 0) is 0 Å². The summed E-state index contributed by atoms with van der Waals surface area (Å²) in [7, 11) is 0. The molecule has 0 unspecified atom stereocenters. The van der Waals surface area contributed by atoms with Gasteiger partial charge in [0.1, 0.15) is 11.6 Å². The van der Waals surface area contributed by atoms with E-state index >= 15 is 0 Å². The molecule has 17 heavy (non-hydrogen) atoms. The fraction of sp³-hybridized carbons (Fsp3) is 0.0769. The first kappa shape index (κ1) is 9.84. The molecular weight excluding hydrogens is 212 g/mol. The van der Waals surface area contributed by atoms with Crippen molar-refractivity contribution in [2.75, 3.05) is 5.73 Å². The molecule has 3 aromatic rings. The van der Waals surface area contributed by atoms with Crippen molar-refractivity contribution in [3.8, 4) is 11.3 Å². The Morgan fingerprint density at radius 1 is 1.18 bits per heavy atom. The van der Waals surface area contributed by atoms with Crippen molar-refractivity contribution in [2.24, 2.45) is 0 Å². The van der Waals surface area contributed by atoms with E-state index in [4.69, 9.17) is 5.73 Å². The lowest BCUT2D eigenvalue weighted by Gasteiger charge is -2.03. The highest BCUT2D eigenvalue weighted by atomic mass is 14.9. The van der Waals surface area contributed by atoms with Crippen LogP contribution >= 0.6 is 0 Å². The van der Waals surface area contributed by atoms with E-state index in [1.54, 1.807) is 6.20 Å². The Bertz CT molecular complexity index is 685. The van der Waals surface area contributed by atoms with E-state index in [2.05, 4.69) is 21.0 Å². The van der Waals surface area contributed by atoms with Crippen LogP contribution in [0.3, 0.4) is 0 Å². The molecule has 84 valence electrons. The monoisotopic (exact) mass is 224 g/mol. The maximum atomic E-state index is 5.82. The van der Waals surface area contributed by atoms with E-state index in [1.807, 2.05) is 31.3 Å². The highest BCUT2D eigenvalue weighted by Crippen LogP contribution is 2.25. The number of nitrogens with zero attached hydrogens (tertiary/aromatic N) is 2. The molecular formula is C13H12N4. The number of H-pyrrole nitrogens is 1. The van der Waals surface area contributed by atoms with E-state index in [9.17, 15) is 0 Å². The summed E-state index contributed by atoms with van der Waals surface area (Å²) in [5, 5.41) is 2.06. The summed E-state index contributed by atoms with van der Waals surface area (Å²) in [6.07, 6.45) is 3.56. The van der Waals surface area contributed by atoms with Gasteiger partial charge in [-0.1, -0.05) is 12.1 Å². The Hall–Kier alpha value is -2.36. The molecule has 2 heterocycles. The van der Waals surface area contributed by atoms with Gasteiger partial charge in [-0.05, 0) is 24.4 Å². The summed E-state index contributed by atoms with van der Waals surface area (Å²) in [6, 6.07) is 8.05. The van der Waals surface area contributed by atoms with Gasteiger partial charge in [0, 0.05) is 17.1 Å². The van der Waals surface area contributed by atoms with Gasteiger partial charge in [0.25, 0.3) is 0 Å². The number of hydrogen-bond acceptors (Lipinski definition) is 3. The Morgan fingerprint density at radius 2 is 2.06 bits per heavy atom. The highest BCUT2D eigenvalue weighted by Gasteiger charge is 2.04. The van der Waals surface area contributed by atoms with E-state index in [0.717, 1.165) is 27.9 Å². The number of aryl methyl sites for hydroxylation is 1. The predicted octanol–water partition coefficient (Wildman–Crippen LogP) is 2.52. The average Bonchev–Trinajstić information content (AvgIpc) is 2.76. The summed E-state index contributed by atoms with van der Waals surface area (Å²) in [6.45, 7) is 1.94. The molecule has 0 aliphatic rings. The van der Waals surface area contributed by atoms with E-state index in [-0.39, 0.29) is 0 Å². The number of aromatic nitrogens is 3. The van der Waals surface area contributed by atoms with Crippen LogP contribution in [0, 0.1) is 6.92 Å². The Labute approximate surface area is 98.5 Å². The molecule has 0 bridgehead atoms. The molecule has 3 rings (SSSR count). The SMILES string of the molecule is Cc1ncc(-c2ccc3c(N)nccc3c2)[nH]1. The van der Waals surface area contributed by atoms with Crippen molar-refractivity contribution < 1.29 is 0 Å². The summed E-state index contributed by atoms with van der Waals surface area (Å²) >= 11 is 0. The fourth-order valence-electron chi connectivity index (χ4n) is 1.94. The van der Waals surface area contributed by atoms with Gasteiger partial charge in [-0.15, -0.1) is 0 Å². The predicted molar refractivity (Wildman–Crippen MR) is 68.5 cm³/mol. The number of hydrogen-bond donors (Lipinski definition) is 2. The molecule has 3 N–H and O–H groups in total. The first-order chi connectivity index (χ1) is 8.24. The third kappa shape index (κ3) is 1.63. The number of nitrogens with two attached hydrogens (primary N) is 1. The van der Waals surface area contributed by atoms with Crippen molar-refractivity contribution in [1.82, 2.24) is 15.0 Å². The smallest absolute Gasteiger partial charge is 0.131 e. The maximum Gasteiger partial charge on any atom is 0.131 e. The zero-order valence-electron chi connectivity index (χ0n) is 9.44. The number of imidazole rings is 1. The van der Waals surface area contributed by atoms with Crippen molar-refractivity contribution in [2.45, 2.75) is 6.92 Å². The normalized spacial score (nSPS) is 10.9. The summed E-state index contributed by atoms with van der Waals surface area (Å²) in [5.41, 5.74) is 7.93. The standard InChI is InChI=1S/C13H12N4/c1-8-16-7-12(17-8)10-2-3-11-9(6-10)4-5-15-13(11)14/h2-7H,1H3,(H2,14,15)(H,16,17). The van der Waals surface area contributed by atoms with E-state index < -0.39 is 0 Å². The van der Waals surface area contributed by atoms with Crippen molar-refractivity contribution in [3.05, 3.63) is 42.5 Å². The van der Waals surface area contributed by atoms with Crippen LogP contribution < -0.4 is 5.73 Å². The summed E-state index contributed by atoms with van der Waals surface area (Å²) in [5.74, 6) is 1.48. The number of nitrogen functional groups attached to an aromatic ring is 1. The number of pyridine rings is 1. The largest absolute Gasteiger partial charge is 0.383 e. The van der Waals surface area contributed by atoms with Crippen LogP contribution in [0.1, 0.15) is 5.82 Å². The number of aromatic amines is 1. The molecule has 4 nitrogen and oxygen atoms in total. The van der Waals surface area contributed by atoms with Crippen LogP contribution in [0.25, 0.3) is 22.0 Å². The van der Waals surface area contributed by atoms with Gasteiger partial charge in [-0.2, -0.15) is 0 Å². The second-order valence-electron chi connectivity index (χ2n) is 4.01. The van der Waals surface area contributed by atoms with Gasteiger partial charge < -0.3 is 10.7 Å². The van der Waals surface area contributed by atoms with Crippen LogP contribution in [0.4, 0.5) is 5.82 Å². The molecule has 4 heteroatoms. The first-order valence-corrected chi connectivity index (χ1v) is 5.40. The molecule has 0 aliphatic heterocycles. The molecule has 0 spiro atoms. The van der Waals surface area contributed by atoms with Gasteiger partial charge in [-0.25, -0.2) is 9.97 Å². The number of nitrogens with one attached hydrogen (secondary N) is 1. The molecule has 1 aromatic carbocycles. The number of anilines is 1. The number of rotatable bonds is 1. The molecule has 2 aromatic heterocycles. The van der Waals surface area contributed by atoms with E-state index in [0.29, 0.717) is 5.82 Å². The third-order valence-corrected chi connectivity index (χ3v) is 2.81. The van der Waals surface area contributed by atoms with Crippen LogP contribution in [0.5, 0.6) is 0 Å². The first-order valence-electron chi connectivity index (χ1n) is 5.40. The molecule has 0 saturated heterocycles. The average molecular weight is 224 g/mol. The number of fused-ring (bicyclic) bond motifs is 1. The summed E-state index contributed by atoms with van der Waals surface area (Å²) < 4.78 is 0. The maximum absolute atomic E-state index is 5.82. The molecule has 0 radical (unpaired) electrons. The molecule has 0 atom stereocenters. The van der Waals surface area contributed by atoms with Gasteiger partial charge in [0.15, 0.2) is 0 Å². The van der Waals surface area contributed by atoms with Gasteiger partial charge >= 0.3 is 0 Å². The molecule has 0 saturated carbocycles. The van der Waals surface area contributed by atoms with Gasteiger partial charge in [-0.3, -0.25) is 0 Å². The Morgan fingerprint density at radius 3 is 2.82 bits per heavy atom. The third-order valence-electron chi connectivity index (χ3n) is 2.81. The van der Waals surface area contributed by atoms with Crippen molar-refractivity contribution in [1.29, 1.82) is 0 Å². The summed E-state index contributed by atoms with van der Waals surface area (Å²) in [4.78, 5) is 11.5. The minimum absolute atomic E-state index is 0.565. The topological polar surface area (TPSA) is 67.6 Å². The number of benzene rings is 1. The van der Waals surface area contributed by atoms with Crippen molar-refractivity contribution >= 4 is 16.6 Å².